The van der Waals surface area contributed by atoms with Crippen LogP contribution in [0.3, 0.4) is 0 Å². The van der Waals surface area contributed by atoms with Gasteiger partial charge in [0.1, 0.15) is 5.82 Å². The summed E-state index contributed by atoms with van der Waals surface area (Å²) in [4.78, 5) is 13.1. The van der Waals surface area contributed by atoms with Crippen LogP contribution in [0.4, 0.5) is 5.82 Å². The second-order valence-corrected chi connectivity index (χ2v) is 2.77. The molecule has 2 N–H and O–H groups in total. The maximum Gasteiger partial charge on any atom is 0.219 e. The summed E-state index contributed by atoms with van der Waals surface area (Å²) in [6, 6.07) is 9.92. The molecule has 0 saturated heterocycles. The zero-order valence-corrected chi connectivity index (χ0v) is 7.00. The minimum absolute atomic E-state index is 0.215. The van der Waals surface area contributed by atoms with Gasteiger partial charge in [0, 0.05) is 10.9 Å². The summed E-state index contributed by atoms with van der Waals surface area (Å²) in [5.41, 5.74) is 1.07. The average molecular weight is 173 g/mol. The minimum atomic E-state index is 0.215. The minimum Gasteiger partial charge on any atom is -0.364 e. The number of H-pyrrole nitrogens is 1. The number of nitrogens with one attached hydrogen (secondary N) is 2. The number of hydrogen-bond donors (Lipinski definition) is 2. The molecule has 3 heteroatoms. The summed E-state index contributed by atoms with van der Waals surface area (Å²) in [6.45, 7) is 0.215. The standard InChI is InChI=1S/C10H9N2O/c13-6-5-11-10-7-8-3-1-2-4-9(8)12-10/h1-4,7,11-12H,5H2. The Labute approximate surface area is 75.8 Å². The van der Waals surface area contributed by atoms with Gasteiger partial charge < -0.3 is 10.3 Å². The highest BCUT2D eigenvalue weighted by Crippen LogP contribution is 2.17. The van der Waals surface area contributed by atoms with Gasteiger partial charge >= 0.3 is 0 Å². The van der Waals surface area contributed by atoms with Crippen molar-refractivity contribution in [2.24, 2.45) is 0 Å². The van der Waals surface area contributed by atoms with Crippen molar-refractivity contribution in [2.75, 3.05) is 11.9 Å². The second kappa shape index (κ2) is 3.31. The second-order valence-electron chi connectivity index (χ2n) is 2.77. The summed E-state index contributed by atoms with van der Waals surface area (Å²) >= 11 is 0. The highest BCUT2D eigenvalue weighted by Gasteiger charge is 1.97. The Balaban J connectivity index is 2.32. The summed E-state index contributed by atoms with van der Waals surface area (Å²) in [5, 5.41) is 4.04. The number of benzene rings is 1. The Hall–Kier alpha value is -1.77. The maximum atomic E-state index is 9.99. The molecular weight excluding hydrogens is 164 g/mol. The molecule has 0 fully saturated rings. The van der Waals surface area contributed by atoms with Gasteiger partial charge in [-0.05, 0) is 12.1 Å². The molecule has 0 aliphatic heterocycles. The molecule has 0 bridgehead atoms. The van der Waals surface area contributed by atoms with Crippen molar-refractivity contribution >= 4 is 23.0 Å². The Morgan fingerprint density at radius 3 is 3.00 bits per heavy atom. The molecule has 1 aromatic heterocycles. The predicted molar refractivity (Wildman–Crippen MR) is 52.5 cm³/mol. The van der Waals surface area contributed by atoms with E-state index in [-0.39, 0.29) is 6.54 Å². The normalized spacial score (nSPS) is 10.2. The molecule has 1 heterocycles. The Bertz CT molecular complexity index is 387. The third-order valence-electron chi connectivity index (χ3n) is 1.88. The number of para-hydroxylation sites is 1. The van der Waals surface area contributed by atoms with Crippen molar-refractivity contribution in [3.05, 3.63) is 30.3 Å². The van der Waals surface area contributed by atoms with Crippen molar-refractivity contribution in [3.8, 4) is 0 Å². The molecular formula is C10H9N2O. The summed E-state index contributed by atoms with van der Waals surface area (Å²) in [5.74, 6) is 0.851. The van der Waals surface area contributed by atoms with Crippen LogP contribution in [0.25, 0.3) is 10.9 Å². The van der Waals surface area contributed by atoms with Crippen LogP contribution < -0.4 is 5.32 Å². The average Bonchev–Trinajstić information content (AvgIpc) is 2.57. The molecule has 0 saturated carbocycles. The monoisotopic (exact) mass is 173 g/mol. The van der Waals surface area contributed by atoms with Gasteiger partial charge in [0.05, 0.1) is 6.54 Å². The van der Waals surface area contributed by atoms with Crippen LogP contribution in [0.1, 0.15) is 0 Å². The van der Waals surface area contributed by atoms with E-state index in [0.717, 1.165) is 16.7 Å². The van der Waals surface area contributed by atoms with E-state index in [1.165, 1.54) is 0 Å². The lowest BCUT2D eigenvalue weighted by Gasteiger charge is -1.94. The first kappa shape index (κ1) is 7.86. The lowest BCUT2D eigenvalue weighted by Crippen LogP contribution is -2.01. The molecule has 1 radical (unpaired) electrons. The summed E-state index contributed by atoms with van der Waals surface area (Å²) in [7, 11) is 0. The zero-order valence-electron chi connectivity index (χ0n) is 7.00. The third kappa shape index (κ3) is 1.54. The van der Waals surface area contributed by atoms with Crippen molar-refractivity contribution in [2.45, 2.75) is 0 Å². The van der Waals surface area contributed by atoms with Gasteiger partial charge in [0.25, 0.3) is 0 Å². The highest BCUT2D eigenvalue weighted by atomic mass is 16.1. The van der Waals surface area contributed by atoms with Crippen LogP contribution in [0.5, 0.6) is 0 Å². The molecule has 0 amide bonds. The van der Waals surface area contributed by atoms with Gasteiger partial charge in [-0.1, -0.05) is 18.2 Å². The summed E-state index contributed by atoms with van der Waals surface area (Å²) < 4.78 is 0. The van der Waals surface area contributed by atoms with Gasteiger partial charge in [-0.15, -0.1) is 0 Å². The molecule has 2 aromatic rings. The third-order valence-corrected chi connectivity index (χ3v) is 1.88. The molecule has 0 aliphatic carbocycles. The van der Waals surface area contributed by atoms with Crippen LogP contribution in [0.2, 0.25) is 0 Å². The van der Waals surface area contributed by atoms with Crippen LogP contribution in [-0.2, 0) is 4.79 Å². The van der Waals surface area contributed by atoms with E-state index >= 15 is 0 Å². The van der Waals surface area contributed by atoms with Gasteiger partial charge in [0.15, 0.2) is 0 Å². The van der Waals surface area contributed by atoms with E-state index < -0.39 is 0 Å². The molecule has 13 heavy (non-hydrogen) atoms. The van der Waals surface area contributed by atoms with E-state index in [4.69, 9.17) is 0 Å². The molecule has 65 valence electrons. The largest absolute Gasteiger partial charge is 0.364 e. The van der Waals surface area contributed by atoms with Crippen molar-refractivity contribution in [1.29, 1.82) is 0 Å². The van der Waals surface area contributed by atoms with E-state index in [2.05, 4.69) is 10.3 Å². The number of anilines is 1. The lowest BCUT2D eigenvalue weighted by atomic mass is 10.2. The fourth-order valence-electron chi connectivity index (χ4n) is 1.30. The molecule has 3 nitrogen and oxygen atoms in total. The lowest BCUT2D eigenvalue weighted by molar-refractivity contribution is 0.557. The van der Waals surface area contributed by atoms with Gasteiger partial charge in [-0.25, -0.2) is 0 Å². The predicted octanol–water partition coefficient (Wildman–Crippen LogP) is 1.69. The molecule has 2 rings (SSSR count). The van der Waals surface area contributed by atoms with Crippen molar-refractivity contribution < 1.29 is 4.79 Å². The van der Waals surface area contributed by atoms with Crippen molar-refractivity contribution in [1.82, 2.24) is 4.98 Å². The first-order valence-electron chi connectivity index (χ1n) is 4.07. The highest BCUT2D eigenvalue weighted by molar-refractivity contribution is 5.84. The number of aromatic nitrogens is 1. The zero-order chi connectivity index (χ0) is 9.10. The Morgan fingerprint density at radius 1 is 1.38 bits per heavy atom. The van der Waals surface area contributed by atoms with Crippen LogP contribution in [0, 0.1) is 0 Å². The number of carbonyl (C=O) groups excluding carboxylic acids is 1. The first-order chi connectivity index (χ1) is 6.40. The van der Waals surface area contributed by atoms with Crippen LogP contribution >= 0.6 is 0 Å². The molecule has 1 aromatic carbocycles. The topological polar surface area (TPSA) is 44.9 Å². The van der Waals surface area contributed by atoms with Gasteiger partial charge in [-0.3, -0.25) is 4.79 Å². The van der Waals surface area contributed by atoms with Gasteiger partial charge in [0.2, 0.25) is 6.29 Å². The van der Waals surface area contributed by atoms with E-state index in [9.17, 15) is 4.79 Å². The van der Waals surface area contributed by atoms with Crippen LogP contribution in [0.15, 0.2) is 30.3 Å². The Morgan fingerprint density at radius 2 is 2.23 bits per heavy atom. The van der Waals surface area contributed by atoms with Crippen LogP contribution in [-0.4, -0.2) is 17.8 Å². The van der Waals surface area contributed by atoms with Crippen molar-refractivity contribution in [3.63, 3.8) is 0 Å². The molecule has 0 spiro atoms. The molecule has 0 atom stereocenters. The fraction of sp³-hybridized carbons (Fsp3) is 0.100. The molecule has 0 aliphatic rings. The van der Waals surface area contributed by atoms with E-state index in [1.54, 1.807) is 6.29 Å². The number of aromatic amines is 1. The fourth-order valence-corrected chi connectivity index (χ4v) is 1.30. The van der Waals surface area contributed by atoms with E-state index in [1.807, 2.05) is 30.3 Å². The van der Waals surface area contributed by atoms with E-state index in [0.29, 0.717) is 0 Å². The Kier molecular flexibility index (Phi) is 2.00. The SMILES string of the molecule is O=[C]CNc1cc2ccccc2[nH]1. The summed E-state index contributed by atoms with van der Waals surface area (Å²) in [6.07, 6.45) is 1.78. The van der Waals surface area contributed by atoms with Gasteiger partial charge in [-0.2, -0.15) is 0 Å². The number of rotatable bonds is 3. The number of hydrogen-bond acceptors (Lipinski definition) is 2. The first-order valence-corrected chi connectivity index (χ1v) is 4.07. The smallest absolute Gasteiger partial charge is 0.219 e. The molecule has 0 unspecified atom stereocenters. The number of fused-ring (bicyclic) bond motifs is 1. The quantitative estimate of drug-likeness (QED) is 0.741. The maximum absolute atomic E-state index is 9.99.